The number of anilines is 2. The number of methoxy groups -OCH3 is 1. The quantitative estimate of drug-likeness (QED) is 0.705. The summed E-state index contributed by atoms with van der Waals surface area (Å²) in [6, 6.07) is 8.51. The fraction of sp³-hybridized carbons (Fsp3) is 0.0833. The second-order valence-electron chi connectivity index (χ2n) is 3.50. The second kappa shape index (κ2) is 4.61. The minimum absolute atomic E-state index is 0.224. The van der Waals surface area contributed by atoms with Gasteiger partial charge in [0.25, 0.3) is 5.91 Å². The number of H-pyrrole nitrogens is 1. The molecule has 4 N–H and O–H groups in total. The van der Waals surface area contributed by atoms with Gasteiger partial charge in [0.1, 0.15) is 11.4 Å². The Hall–Kier alpha value is -2.43. The zero-order valence-corrected chi connectivity index (χ0v) is 9.36. The molecule has 17 heavy (non-hydrogen) atoms. The molecular formula is C12H13N3O2. The van der Waals surface area contributed by atoms with Gasteiger partial charge >= 0.3 is 0 Å². The smallest absolute Gasteiger partial charge is 0.272 e. The number of carbonyl (C=O) groups excluding carboxylic acids is 1. The molecular weight excluding hydrogens is 218 g/mol. The molecule has 2 aromatic rings. The summed E-state index contributed by atoms with van der Waals surface area (Å²) in [4.78, 5) is 14.6. The summed E-state index contributed by atoms with van der Waals surface area (Å²) in [7, 11) is 1.53. The molecule has 1 amide bonds. The summed E-state index contributed by atoms with van der Waals surface area (Å²) in [6.07, 6.45) is 1.69. The number of rotatable bonds is 3. The number of hydrogen-bond donors (Lipinski definition) is 3. The van der Waals surface area contributed by atoms with Crippen molar-refractivity contribution in [2.24, 2.45) is 0 Å². The normalized spacial score (nSPS) is 9.94. The highest BCUT2D eigenvalue weighted by atomic mass is 16.5. The number of amides is 1. The lowest BCUT2D eigenvalue weighted by molar-refractivity contribution is 0.102. The van der Waals surface area contributed by atoms with Gasteiger partial charge in [0.15, 0.2) is 0 Å². The summed E-state index contributed by atoms with van der Waals surface area (Å²) in [5, 5.41) is 2.74. The van der Waals surface area contributed by atoms with E-state index in [-0.39, 0.29) is 5.91 Å². The van der Waals surface area contributed by atoms with Crippen LogP contribution in [-0.2, 0) is 0 Å². The highest BCUT2D eigenvalue weighted by molar-refractivity contribution is 6.03. The summed E-state index contributed by atoms with van der Waals surface area (Å²) in [5.41, 5.74) is 7.29. The third-order valence-corrected chi connectivity index (χ3v) is 2.32. The van der Waals surface area contributed by atoms with E-state index in [1.807, 2.05) is 0 Å². The Balaban J connectivity index is 2.21. The average Bonchev–Trinajstić information content (AvgIpc) is 2.85. The van der Waals surface area contributed by atoms with E-state index in [0.717, 1.165) is 0 Å². The molecule has 1 heterocycles. The molecule has 88 valence electrons. The van der Waals surface area contributed by atoms with Gasteiger partial charge in [-0.05, 0) is 24.3 Å². The first-order chi connectivity index (χ1) is 8.20. The Morgan fingerprint density at radius 3 is 2.88 bits per heavy atom. The van der Waals surface area contributed by atoms with Crippen molar-refractivity contribution >= 4 is 17.3 Å². The summed E-state index contributed by atoms with van der Waals surface area (Å²) in [6.45, 7) is 0. The zero-order chi connectivity index (χ0) is 12.3. The maximum absolute atomic E-state index is 11.8. The van der Waals surface area contributed by atoms with Crippen LogP contribution >= 0.6 is 0 Å². The average molecular weight is 231 g/mol. The summed E-state index contributed by atoms with van der Waals surface area (Å²) < 4.78 is 5.14. The van der Waals surface area contributed by atoms with E-state index in [2.05, 4.69) is 10.3 Å². The minimum Gasteiger partial charge on any atom is -0.494 e. The highest BCUT2D eigenvalue weighted by Crippen LogP contribution is 2.26. The fourth-order valence-electron chi connectivity index (χ4n) is 1.47. The van der Waals surface area contributed by atoms with Crippen molar-refractivity contribution in [3.63, 3.8) is 0 Å². The molecule has 1 aromatic carbocycles. The van der Waals surface area contributed by atoms with Gasteiger partial charge in [-0.3, -0.25) is 4.79 Å². The first-order valence-corrected chi connectivity index (χ1v) is 5.09. The van der Waals surface area contributed by atoms with Crippen molar-refractivity contribution in [3.8, 4) is 5.75 Å². The molecule has 0 saturated carbocycles. The van der Waals surface area contributed by atoms with Crippen molar-refractivity contribution < 1.29 is 9.53 Å². The number of aromatic amines is 1. The third-order valence-electron chi connectivity index (χ3n) is 2.32. The molecule has 1 aromatic heterocycles. The number of benzene rings is 1. The van der Waals surface area contributed by atoms with Crippen molar-refractivity contribution in [2.45, 2.75) is 0 Å². The Morgan fingerprint density at radius 2 is 2.24 bits per heavy atom. The molecule has 0 aliphatic heterocycles. The Kier molecular flexibility index (Phi) is 3.00. The van der Waals surface area contributed by atoms with E-state index in [1.165, 1.54) is 7.11 Å². The minimum atomic E-state index is -0.224. The molecule has 0 fully saturated rings. The molecule has 5 heteroatoms. The number of hydrogen-bond acceptors (Lipinski definition) is 3. The van der Waals surface area contributed by atoms with Gasteiger partial charge in [-0.1, -0.05) is 0 Å². The lowest BCUT2D eigenvalue weighted by Gasteiger charge is -2.10. The van der Waals surface area contributed by atoms with E-state index in [1.54, 1.807) is 36.5 Å². The predicted octanol–water partition coefficient (Wildman–Crippen LogP) is 1.86. The largest absolute Gasteiger partial charge is 0.494 e. The molecule has 2 rings (SSSR count). The van der Waals surface area contributed by atoms with Crippen LogP contribution in [-0.4, -0.2) is 18.0 Å². The van der Waals surface area contributed by atoms with E-state index in [4.69, 9.17) is 10.5 Å². The van der Waals surface area contributed by atoms with Crippen LogP contribution in [0.1, 0.15) is 10.5 Å². The van der Waals surface area contributed by atoms with Crippen molar-refractivity contribution in [1.82, 2.24) is 4.98 Å². The van der Waals surface area contributed by atoms with Crippen LogP contribution in [0.5, 0.6) is 5.75 Å². The monoisotopic (exact) mass is 231 g/mol. The standard InChI is InChI=1S/C12H13N3O2/c1-17-11-7-8(13)4-5-9(11)15-12(16)10-3-2-6-14-10/h2-7,14H,13H2,1H3,(H,15,16). The molecule has 0 radical (unpaired) electrons. The molecule has 0 atom stereocenters. The van der Waals surface area contributed by atoms with Gasteiger partial charge < -0.3 is 20.8 Å². The second-order valence-corrected chi connectivity index (χ2v) is 3.50. The number of nitrogens with two attached hydrogens (primary N) is 1. The Morgan fingerprint density at radius 1 is 1.41 bits per heavy atom. The molecule has 0 unspecified atom stereocenters. The Labute approximate surface area is 98.6 Å². The first kappa shape index (κ1) is 11.1. The molecule has 0 aliphatic carbocycles. The predicted molar refractivity (Wildman–Crippen MR) is 66.2 cm³/mol. The SMILES string of the molecule is COc1cc(N)ccc1NC(=O)c1ccc[nH]1. The number of carbonyl (C=O) groups is 1. The maximum Gasteiger partial charge on any atom is 0.272 e. The van der Waals surface area contributed by atoms with Gasteiger partial charge in [0.05, 0.1) is 12.8 Å². The van der Waals surface area contributed by atoms with Crippen LogP contribution in [0.15, 0.2) is 36.5 Å². The maximum atomic E-state index is 11.8. The first-order valence-electron chi connectivity index (χ1n) is 5.09. The van der Waals surface area contributed by atoms with Crippen molar-refractivity contribution in [2.75, 3.05) is 18.2 Å². The topological polar surface area (TPSA) is 80.1 Å². The summed E-state index contributed by atoms with van der Waals surface area (Å²) >= 11 is 0. The van der Waals surface area contributed by atoms with Gasteiger partial charge in [0.2, 0.25) is 0 Å². The molecule has 0 spiro atoms. The summed E-state index contributed by atoms with van der Waals surface area (Å²) in [5.74, 6) is 0.308. The third kappa shape index (κ3) is 2.39. The lowest BCUT2D eigenvalue weighted by atomic mass is 10.2. The van der Waals surface area contributed by atoms with E-state index < -0.39 is 0 Å². The van der Waals surface area contributed by atoms with Gasteiger partial charge in [-0.2, -0.15) is 0 Å². The molecule has 0 aliphatic rings. The van der Waals surface area contributed by atoms with E-state index in [0.29, 0.717) is 22.8 Å². The van der Waals surface area contributed by atoms with Gasteiger partial charge in [-0.15, -0.1) is 0 Å². The van der Waals surface area contributed by atoms with Crippen LogP contribution in [0.25, 0.3) is 0 Å². The van der Waals surface area contributed by atoms with Crippen LogP contribution in [0.3, 0.4) is 0 Å². The van der Waals surface area contributed by atoms with E-state index >= 15 is 0 Å². The van der Waals surface area contributed by atoms with Crippen LogP contribution in [0.2, 0.25) is 0 Å². The number of aromatic nitrogens is 1. The lowest BCUT2D eigenvalue weighted by Crippen LogP contribution is -2.13. The van der Waals surface area contributed by atoms with Crippen molar-refractivity contribution in [3.05, 3.63) is 42.2 Å². The molecule has 0 saturated heterocycles. The van der Waals surface area contributed by atoms with Crippen molar-refractivity contribution in [1.29, 1.82) is 0 Å². The highest BCUT2D eigenvalue weighted by Gasteiger charge is 2.10. The van der Waals surface area contributed by atoms with Crippen LogP contribution < -0.4 is 15.8 Å². The number of nitrogen functional groups attached to an aromatic ring is 1. The molecule has 5 nitrogen and oxygen atoms in total. The van der Waals surface area contributed by atoms with Gasteiger partial charge in [0, 0.05) is 18.0 Å². The number of nitrogens with one attached hydrogen (secondary N) is 2. The fourth-order valence-corrected chi connectivity index (χ4v) is 1.47. The Bertz CT molecular complexity index is 521. The van der Waals surface area contributed by atoms with Crippen LogP contribution in [0, 0.1) is 0 Å². The number of ether oxygens (including phenoxy) is 1. The van der Waals surface area contributed by atoms with E-state index in [9.17, 15) is 4.79 Å². The van der Waals surface area contributed by atoms with Gasteiger partial charge in [-0.25, -0.2) is 0 Å². The molecule has 0 bridgehead atoms. The van der Waals surface area contributed by atoms with Crippen LogP contribution in [0.4, 0.5) is 11.4 Å². The zero-order valence-electron chi connectivity index (χ0n) is 9.36.